The highest BCUT2D eigenvalue weighted by Gasteiger charge is 2.40. The zero-order valence-corrected chi connectivity index (χ0v) is 16.0. The molecule has 4 rings (SSSR count). The fourth-order valence-corrected chi connectivity index (χ4v) is 5.68. The van der Waals surface area contributed by atoms with E-state index in [-0.39, 0.29) is 18.5 Å². The first kappa shape index (κ1) is 17.5. The number of benzene rings is 1. The number of thiazole rings is 1. The summed E-state index contributed by atoms with van der Waals surface area (Å²) in [4.78, 5) is 28.6. The normalized spacial score (nSPS) is 24.2. The van der Waals surface area contributed by atoms with Crippen LogP contribution >= 0.6 is 11.3 Å². The molecule has 1 aromatic heterocycles. The van der Waals surface area contributed by atoms with E-state index < -0.39 is 0 Å². The van der Waals surface area contributed by atoms with Crippen molar-refractivity contribution in [3.63, 3.8) is 0 Å². The molecule has 0 radical (unpaired) electrons. The second-order valence-corrected chi connectivity index (χ2v) is 8.83. The molecule has 26 heavy (non-hydrogen) atoms. The van der Waals surface area contributed by atoms with Crippen LogP contribution in [-0.4, -0.2) is 23.5 Å². The SMILES string of the molecule is Cc1cc(C)c2nc(NC(=O)COC(=O)C[C@@H]3C[C@@H]4CC[C@@H]3C4)sc2c1. The molecule has 2 fully saturated rings. The molecule has 1 amide bonds. The molecule has 2 bridgehead atoms. The van der Waals surface area contributed by atoms with Crippen LogP contribution in [-0.2, 0) is 14.3 Å². The molecule has 2 saturated carbocycles. The maximum atomic E-state index is 12.1. The second kappa shape index (κ2) is 6.99. The van der Waals surface area contributed by atoms with Gasteiger partial charge in [0, 0.05) is 6.42 Å². The molecule has 6 heteroatoms. The maximum Gasteiger partial charge on any atom is 0.306 e. The smallest absolute Gasteiger partial charge is 0.306 e. The first-order valence-electron chi connectivity index (χ1n) is 9.31. The van der Waals surface area contributed by atoms with Crippen molar-refractivity contribution in [3.05, 3.63) is 23.3 Å². The van der Waals surface area contributed by atoms with E-state index in [2.05, 4.69) is 22.4 Å². The van der Waals surface area contributed by atoms with E-state index in [0.29, 0.717) is 23.4 Å². The standard InChI is InChI=1S/C20H24N2O3S/c1-11-5-12(2)19-16(6-11)26-20(22-19)21-17(23)10-25-18(24)9-15-8-13-3-4-14(15)7-13/h5-6,13-15H,3-4,7-10H2,1-2H3,(H,21,22,23)/t13-,14-,15+/m1/s1. The Kier molecular flexibility index (Phi) is 4.69. The molecular formula is C20H24N2O3S. The fraction of sp³-hybridized carbons (Fsp3) is 0.550. The molecule has 2 aliphatic carbocycles. The Bertz CT molecular complexity index is 860. The van der Waals surface area contributed by atoms with Crippen molar-refractivity contribution in [3.8, 4) is 0 Å². The van der Waals surface area contributed by atoms with Crippen LogP contribution in [0.1, 0.15) is 43.2 Å². The molecule has 2 aliphatic rings. The van der Waals surface area contributed by atoms with Gasteiger partial charge < -0.3 is 4.74 Å². The van der Waals surface area contributed by atoms with Crippen LogP contribution in [0.15, 0.2) is 12.1 Å². The summed E-state index contributed by atoms with van der Waals surface area (Å²) < 4.78 is 6.24. The van der Waals surface area contributed by atoms with E-state index in [1.165, 1.54) is 36.2 Å². The Labute approximate surface area is 157 Å². The topological polar surface area (TPSA) is 68.3 Å². The number of aromatic nitrogens is 1. The van der Waals surface area contributed by atoms with Crippen LogP contribution in [0.4, 0.5) is 5.13 Å². The lowest BCUT2D eigenvalue weighted by molar-refractivity contribution is -0.148. The van der Waals surface area contributed by atoms with Gasteiger partial charge in [-0.25, -0.2) is 4.98 Å². The van der Waals surface area contributed by atoms with Crippen molar-refractivity contribution in [1.29, 1.82) is 0 Å². The molecule has 0 unspecified atom stereocenters. The van der Waals surface area contributed by atoms with Crippen LogP contribution in [0.3, 0.4) is 0 Å². The average Bonchev–Trinajstić information content (AvgIpc) is 3.28. The van der Waals surface area contributed by atoms with Gasteiger partial charge in [-0.15, -0.1) is 0 Å². The summed E-state index contributed by atoms with van der Waals surface area (Å²) in [6.45, 7) is 3.81. The second-order valence-electron chi connectivity index (χ2n) is 7.80. The molecule has 138 valence electrons. The van der Waals surface area contributed by atoms with Crippen molar-refractivity contribution in [2.24, 2.45) is 17.8 Å². The van der Waals surface area contributed by atoms with Crippen LogP contribution in [0, 0.1) is 31.6 Å². The number of aryl methyl sites for hydroxylation is 2. The number of nitrogens with one attached hydrogen (secondary N) is 1. The van der Waals surface area contributed by atoms with E-state index in [9.17, 15) is 9.59 Å². The molecule has 2 aromatic rings. The van der Waals surface area contributed by atoms with Crippen LogP contribution in [0.25, 0.3) is 10.2 Å². The largest absolute Gasteiger partial charge is 0.456 e. The van der Waals surface area contributed by atoms with Crippen LogP contribution < -0.4 is 5.32 Å². The van der Waals surface area contributed by atoms with Crippen molar-refractivity contribution in [1.82, 2.24) is 4.98 Å². The summed E-state index contributed by atoms with van der Waals surface area (Å²) in [6, 6.07) is 4.14. The van der Waals surface area contributed by atoms with E-state index in [0.717, 1.165) is 28.1 Å². The van der Waals surface area contributed by atoms with E-state index in [1.807, 2.05) is 13.8 Å². The Balaban J connectivity index is 1.28. The summed E-state index contributed by atoms with van der Waals surface area (Å²) in [6.07, 6.45) is 5.44. The molecule has 3 atom stereocenters. The fourth-order valence-electron chi connectivity index (χ4n) is 4.62. The van der Waals surface area contributed by atoms with Gasteiger partial charge in [-0.1, -0.05) is 23.8 Å². The lowest BCUT2D eigenvalue weighted by atomic mass is 9.86. The van der Waals surface area contributed by atoms with Crippen LogP contribution in [0.2, 0.25) is 0 Å². The van der Waals surface area contributed by atoms with Gasteiger partial charge >= 0.3 is 5.97 Å². The number of esters is 1. The van der Waals surface area contributed by atoms with E-state index >= 15 is 0 Å². The number of carbonyl (C=O) groups is 2. The molecule has 0 spiro atoms. The van der Waals surface area contributed by atoms with Gasteiger partial charge in [-0.2, -0.15) is 0 Å². The summed E-state index contributed by atoms with van der Waals surface area (Å²) in [5.41, 5.74) is 3.17. The van der Waals surface area contributed by atoms with Crippen molar-refractivity contribution < 1.29 is 14.3 Å². The van der Waals surface area contributed by atoms with Crippen molar-refractivity contribution in [2.75, 3.05) is 11.9 Å². The lowest BCUT2D eigenvalue weighted by Gasteiger charge is -2.20. The summed E-state index contributed by atoms with van der Waals surface area (Å²) in [7, 11) is 0. The van der Waals surface area contributed by atoms with Crippen molar-refractivity contribution >= 4 is 38.6 Å². The zero-order valence-electron chi connectivity index (χ0n) is 15.2. The molecule has 0 saturated heterocycles. The summed E-state index contributed by atoms with van der Waals surface area (Å²) in [5, 5.41) is 3.29. The zero-order chi connectivity index (χ0) is 18.3. The van der Waals surface area contributed by atoms with Gasteiger partial charge in [0.05, 0.1) is 10.2 Å². The molecule has 1 N–H and O–H groups in total. The number of fused-ring (bicyclic) bond motifs is 3. The summed E-state index contributed by atoms with van der Waals surface area (Å²) >= 11 is 1.44. The number of rotatable bonds is 5. The average molecular weight is 372 g/mol. The van der Waals surface area contributed by atoms with Gasteiger partial charge in [-0.3, -0.25) is 14.9 Å². The number of amides is 1. The monoisotopic (exact) mass is 372 g/mol. The number of hydrogen-bond acceptors (Lipinski definition) is 5. The molecule has 1 aromatic carbocycles. The number of hydrogen-bond donors (Lipinski definition) is 1. The van der Waals surface area contributed by atoms with E-state index in [1.54, 1.807) is 0 Å². The highest BCUT2D eigenvalue weighted by molar-refractivity contribution is 7.22. The minimum atomic E-state index is -0.334. The van der Waals surface area contributed by atoms with Gasteiger partial charge in [-0.05, 0) is 68.1 Å². The Morgan fingerprint density at radius 3 is 2.85 bits per heavy atom. The quantitative estimate of drug-likeness (QED) is 0.798. The molecule has 1 heterocycles. The number of anilines is 1. The van der Waals surface area contributed by atoms with Gasteiger partial charge in [0.2, 0.25) is 0 Å². The molecular weight excluding hydrogens is 348 g/mol. The maximum absolute atomic E-state index is 12.1. The van der Waals surface area contributed by atoms with Gasteiger partial charge in [0.15, 0.2) is 11.7 Å². The lowest BCUT2D eigenvalue weighted by Crippen LogP contribution is -2.23. The minimum Gasteiger partial charge on any atom is -0.456 e. The molecule has 0 aliphatic heterocycles. The Morgan fingerprint density at radius 2 is 2.12 bits per heavy atom. The predicted octanol–water partition coefficient (Wildman–Crippen LogP) is 4.22. The summed E-state index contributed by atoms with van der Waals surface area (Å²) in [5.74, 6) is 1.37. The number of nitrogens with zero attached hydrogens (tertiary/aromatic N) is 1. The highest BCUT2D eigenvalue weighted by atomic mass is 32.1. The van der Waals surface area contributed by atoms with E-state index in [4.69, 9.17) is 4.74 Å². The molecule has 5 nitrogen and oxygen atoms in total. The Morgan fingerprint density at radius 1 is 1.27 bits per heavy atom. The van der Waals surface area contributed by atoms with Crippen LogP contribution in [0.5, 0.6) is 0 Å². The Hall–Kier alpha value is -1.95. The third-order valence-corrected chi connectivity index (χ3v) is 6.67. The third-order valence-electron chi connectivity index (χ3n) is 5.75. The minimum absolute atomic E-state index is 0.242. The predicted molar refractivity (Wildman–Crippen MR) is 102 cm³/mol. The highest BCUT2D eigenvalue weighted by Crippen LogP contribution is 2.49. The first-order chi connectivity index (χ1) is 12.5. The first-order valence-corrected chi connectivity index (χ1v) is 10.1. The number of ether oxygens (including phenoxy) is 1. The van der Waals surface area contributed by atoms with Gasteiger partial charge in [0.25, 0.3) is 5.91 Å². The van der Waals surface area contributed by atoms with Crippen molar-refractivity contribution in [2.45, 2.75) is 46.0 Å². The van der Waals surface area contributed by atoms with Gasteiger partial charge in [0.1, 0.15) is 0 Å². The number of carbonyl (C=O) groups excluding carboxylic acids is 2. The third kappa shape index (κ3) is 3.61.